The number of aliphatic hydroxyl groups is 1. The van der Waals surface area contributed by atoms with Gasteiger partial charge in [-0.25, -0.2) is 8.42 Å². The van der Waals surface area contributed by atoms with Crippen LogP contribution in [-0.4, -0.2) is 44.7 Å². The summed E-state index contributed by atoms with van der Waals surface area (Å²) in [5, 5.41) is 11.9. The van der Waals surface area contributed by atoms with Crippen LogP contribution in [0.1, 0.15) is 13.3 Å². The average Bonchev–Trinajstić information content (AvgIpc) is 1.96. The van der Waals surface area contributed by atoms with Crippen LogP contribution in [0.5, 0.6) is 0 Å². The molecule has 0 fully saturated rings. The highest BCUT2D eigenvalue weighted by molar-refractivity contribution is 7.90. The van der Waals surface area contributed by atoms with Crippen molar-refractivity contribution in [2.24, 2.45) is 0 Å². The Hall–Kier alpha value is -0.130. The number of aliphatic hydroxyl groups excluding tert-OH is 1. The minimum absolute atomic E-state index is 0.128. The lowest BCUT2D eigenvalue weighted by Crippen LogP contribution is -2.30. The predicted molar refractivity (Wildman–Crippen MR) is 48.9 cm³/mol. The van der Waals surface area contributed by atoms with Crippen LogP contribution < -0.4 is 5.32 Å². The quantitative estimate of drug-likeness (QED) is 0.555. The molecule has 12 heavy (non-hydrogen) atoms. The van der Waals surface area contributed by atoms with E-state index in [1.807, 2.05) is 6.92 Å². The van der Waals surface area contributed by atoms with Gasteiger partial charge < -0.3 is 10.4 Å². The van der Waals surface area contributed by atoms with Gasteiger partial charge in [-0.15, -0.1) is 0 Å². The molecule has 5 heteroatoms. The summed E-state index contributed by atoms with van der Waals surface area (Å²) in [4.78, 5) is 0. The first-order chi connectivity index (χ1) is 5.45. The third kappa shape index (κ3) is 7.97. The molecule has 0 amide bonds. The van der Waals surface area contributed by atoms with E-state index in [-0.39, 0.29) is 11.9 Å². The van der Waals surface area contributed by atoms with Crippen molar-refractivity contribution >= 4 is 9.84 Å². The fraction of sp³-hybridized carbons (Fsp3) is 1.00. The molecule has 0 radical (unpaired) electrons. The van der Waals surface area contributed by atoms with E-state index in [0.717, 1.165) is 0 Å². The van der Waals surface area contributed by atoms with E-state index >= 15 is 0 Å². The summed E-state index contributed by atoms with van der Waals surface area (Å²) in [5.74, 6) is 0.128. The summed E-state index contributed by atoms with van der Waals surface area (Å²) < 4.78 is 21.3. The molecule has 0 heterocycles. The maximum Gasteiger partial charge on any atom is 0.148 e. The molecule has 0 aliphatic heterocycles. The normalized spacial score (nSPS) is 14.6. The van der Waals surface area contributed by atoms with E-state index < -0.39 is 9.84 Å². The smallest absolute Gasteiger partial charge is 0.148 e. The third-order valence-electron chi connectivity index (χ3n) is 1.50. The highest BCUT2D eigenvalue weighted by atomic mass is 32.2. The van der Waals surface area contributed by atoms with Crippen molar-refractivity contribution in [2.45, 2.75) is 19.4 Å². The molecule has 0 aromatic carbocycles. The first-order valence-corrected chi connectivity index (χ1v) is 6.08. The molecule has 0 aromatic rings. The van der Waals surface area contributed by atoms with Crippen LogP contribution in [-0.2, 0) is 9.84 Å². The van der Waals surface area contributed by atoms with Gasteiger partial charge in [0.25, 0.3) is 0 Å². The van der Waals surface area contributed by atoms with E-state index in [9.17, 15) is 8.42 Å². The zero-order valence-corrected chi connectivity index (χ0v) is 8.39. The van der Waals surface area contributed by atoms with Gasteiger partial charge in [0.2, 0.25) is 0 Å². The van der Waals surface area contributed by atoms with Crippen molar-refractivity contribution in [1.82, 2.24) is 5.32 Å². The maximum absolute atomic E-state index is 10.6. The molecular weight excluding hydrogens is 178 g/mol. The van der Waals surface area contributed by atoms with Gasteiger partial charge in [0.15, 0.2) is 0 Å². The summed E-state index contributed by atoms with van der Waals surface area (Å²) in [6, 6.07) is 0. The van der Waals surface area contributed by atoms with E-state index in [1.165, 1.54) is 6.26 Å². The molecule has 2 N–H and O–H groups in total. The van der Waals surface area contributed by atoms with Crippen LogP contribution in [0, 0.1) is 0 Å². The lowest BCUT2D eigenvalue weighted by Gasteiger charge is -2.08. The second-order valence-electron chi connectivity index (χ2n) is 2.90. The van der Waals surface area contributed by atoms with Crippen LogP contribution >= 0.6 is 0 Å². The summed E-state index contributed by atoms with van der Waals surface area (Å²) >= 11 is 0. The monoisotopic (exact) mass is 195 g/mol. The largest absolute Gasteiger partial charge is 0.392 e. The fourth-order valence-electron chi connectivity index (χ4n) is 0.671. The molecule has 74 valence electrons. The van der Waals surface area contributed by atoms with Crippen molar-refractivity contribution in [2.75, 3.05) is 25.1 Å². The maximum atomic E-state index is 10.6. The van der Waals surface area contributed by atoms with Gasteiger partial charge in [0.1, 0.15) is 9.84 Å². The molecule has 0 saturated carbocycles. The Balaban J connectivity index is 3.34. The van der Waals surface area contributed by atoms with Crippen molar-refractivity contribution < 1.29 is 13.5 Å². The first kappa shape index (κ1) is 11.9. The zero-order chi connectivity index (χ0) is 9.61. The number of rotatable bonds is 6. The second kappa shape index (κ2) is 5.50. The topological polar surface area (TPSA) is 66.4 Å². The molecule has 0 aliphatic rings. The predicted octanol–water partition coefficient (Wildman–Crippen LogP) is -0.608. The summed E-state index contributed by atoms with van der Waals surface area (Å²) in [7, 11) is -2.87. The van der Waals surface area contributed by atoms with E-state index in [4.69, 9.17) is 5.11 Å². The first-order valence-electron chi connectivity index (χ1n) is 4.02. The molecule has 0 aromatic heterocycles. The molecule has 0 aliphatic carbocycles. The van der Waals surface area contributed by atoms with Gasteiger partial charge in [-0.1, -0.05) is 6.92 Å². The molecule has 0 rings (SSSR count). The van der Waals surface area contributed by atoms with E-state index in [1.54, 1.807) is 0 Å². The highest BCUT2D eigenvalue weighted by Gasteiger charge is 2.02. The van der Waals surface area contributed by atoms with Crippen LogP contribution in [0.4, 0.5) is 0 Å². The molecule has 4 nitrogen and oxygen atoms in total. The Morgan fingerprint density at radius 1 is 1.50 bits per heavy atom. The standard InChI is InChI=1S/C7H17NO3S/c1-3-7(9)6-8-4-5-12(2,10)11/h7-9H,3-6H2,1-2H3. The highest BCUT2D eigenvalue weighted by Crippen LogP contribution is 1.86. The van der Waals surface area contributed by atoms with Crippen molar-refractivity contribution in [1.29, 1.82) is 0 Å². The Morgan fingerprint density at radius 3 is 2.50 bits per heavy atom. The van der Waals surface area contributed by atoms with E-state index in [2.05, 4.69) is 5.32 Å². The second-order valence-corrected chi connectivity index (χ2v) is 5.16. The van der Waals surface area contributed by atoms with Gasteiger partial charge >= 0.3 is 0 Å². The zero-order valence-electron chi connectivity index (χ0n) is 7.58. The lowest BCUT2D eigenvalue weighted by molar-refractivity contribution is 0.168. The number of hydrogen-bond donors (Lipinski definition) is 2. The molecule has 0 saturated heterocycles. The molecule has 0 spiro atoms. The SMILES string of the molecule is CCC(O)CNCCS(C)(=O)=O. The number of nitrogens with one attached hydrogen (secondary N) is 1. The number of sulfone groups is 1. The Kier molecular flexibility index (Phi) is 5.44. The number of hydrogen-bond acceptors (Lipinski definition) is 4. The van der Waals surface area contributed by atoms with Crippen molar-refractivity contribution in [3.8, 4) is 0 Å². The van der Waals surface area contributed by atoms with Crippen LogP contribution in [0.25, 0.3) is 0 Å². The Labute approximate surface area is 73.9 Å². The average molecular weight is 195 g/mol. The molecule has 1 atom stereocenters. The summed E-state index contributed by atoms with van der Waals surface area (Å²) in [6.45, 7) is 2.75. The summed E-state index contributed by atoms with van der Waals surface area (Å²) in [6.07, 6.45) is 1.51. The van der Waals surface area contributed by atoms with Gasteiger partial charge in [-0.2, -0.15) is 0 Å². The minimum Gasteiger partial charge on any atom is -0.392 e. The molecule has 1 unspecified atom stereocenters. The minimum atomic E-state index is -2.87. The Bertz CT molecular complexity index is 201. The van der Waals surface area contributed by atoms with Gasteiger partial charge in [-0.05, 0) is 6.42 Å². The fourth-order valence-corrected chi connectivity index (χ4v) is 1.19. The van der Waals surface area contributed by atoms with Crippen LogP contribution in [0.3, 0.4) is 0 Å². The van der Waals surface area contributed by atoms with Crippen molar-refractivity contribution in [3.63, 3.8) is 0 Å². The Morgan fingerprint density at radius 2 is 2.08 bits per heavy atom. The van der Waals surface area contributed by atoms with Crippen LogP contribution in [0.15, 0.2) is 0 Å². The molecular formula is C7H17NO3S. The molecule has 0 bridgehead atoms. The van der Waals surface area contributed by atoms with Gasteiger partial charge in [0, 0.05) is 19.3 Å². The lowest BCUT2D eigenvalue weighted by atomic mass is 10.3. The van der Waals surface area contributed by atoms with Gasteiger partial charge in [-0.3, -0.25) is 0 Å². The van der Waals surface area contributed by atoms with Gasteiger partial charge in [0.05, 0.1) is 11.9 Å². The summed E-state index contributed by atoms with van der Waals surface area (Å²) in [5.41, 5.74) is 0. The third-order valence-corrected chi connectivity index (χ3v) is 2.45. The van der Waals surface area contributed by atoms with E-state index in [0.29, 0.717) is 19.5 Å². The van der Waals surface area contributed by atoms with Crippen molar-refractivity contribution in [3.05, 3.63) is 0 Å². The van der Waals surface area contributed by atoms with Crippen LogP contribution in [0.2, 0.25) is 0 Å².